The first kappa shape index (κ1) is 12.5. The van der Waals surface area contributed by atoms with Gasteiger partial charge in [0.2, 0.25) is 0 Å². The third kappa shape index (κ3) is 3.24. The first-order valence-corrected chi connectivity index (χ1v) is 4.99. The maximum Gasteiger partial charge on any atom is 0.332 e. The molecule has 0 bridgehead atoms. The summed E-state index contributed by atoms with van der Waals surface area (Å²) in [4.78, 5) is 10.9. The van der Waals surface area contributed by atoms with E-state index in [1.54, 1.807) is 32.4 Å². The Balaban J connectivity index is 2.91. The molecule has 0 spiro atoms. The maximum absolute atomic E-state index is 10.9. The van der Waals surface area contributed by atoms with Crippen molar-refractivity contribution in [3.05, 3.63) is 29.8 Å². The molecule has 0 heterocycles. The van der Waals surface area contributed by atoms with Crippen molar-refractivity contribution in [3.8, 4) is 11.5 Å². The Labute approximate surface area is 96.5 Å². The monoisotopic (exact) mass is 240 g/mol. The van der Waals surface area contributed by atoms with Gasteiger partial charge < -0.3 is 14.0 Å². The van der Waals surface area contributed by atoms with Gasteiger partial charge in [-0.25, -0.2) is 4.79 Å². The minimum absolute atomic E-state index is 0.431. The van der Waals surface area contributed by atoms with Crippen LogP contribution in [0.4, 0.5) is 0 Å². The lowest BCUT2D eigenvalue weighted by atomic mass is 10.2. The van der Waals surface area contributed by atoms with Crippen LogP contribution in [0.25, 0.3) is 6.08 Å². The molecule has 1 unspecified atom stereocenters. The van der Waals surface area contributed by atoms with E-state index in [-0.39, 0.29) is 0 Å². The van der Waals surface area contributed by atoms with Gasteiger partial charge in [-0.15, -0.1) is 0 Å². The second kappa shape index (κ2) is 6.13. The van der Waals surface area contributed by atoms with E-state index in [1.807, 2.05) is 15.5 Å². The molecule has 16 heavy (non-hydrogen) atoms. The first-order chi connectivity index (χ1) is 7.71. The average Bonchev–Trinajstić information content (AvgIpc) is 2.35. The fraction of sp³-hybridized carbons (Fsp3) is 0.182. The minimum Gasteiger partial charge on any atom is -0.493 e. The lowest BCUT2D eigenvalue weighted by Crippen LogP contribution is -1.91. The Morgan fingerprint density at radius 1 is 1.25 bits per heavy atom. The molecular weight excluding hydrogens is 227 g/mol. The number of hydrogen-bond donors (Lipinski definition) is 0. The molecule has 1 rings (SSSR count). The quantitative estimate of drug-likeness (QED) is 0.596. The number of benzene rings is 1. The van der Waals surface area contributed by atoms with E-state index in [0.29, 0.717) is 11.5 Å². The van der Waals surface area contributed by atoms with Crippen molar-refractivity contribution in [1.29, 1.82) is 0 Å². The number of rotatable bonds is 4. The van der Waals surface area contributed by atoms with Crippen LogP contribution in [-0.2, 0) is 9.32 Å². The smallest absolute Gasteiger partial charge is 0.332 e. The molecule has 0 fully saturated rings. The summed E-state index contributed by atoms with van der Waals surface area (Å²) in [5.41, 5.74) is 0.827. The van der Waals surface area contributed by atoms with E-state index >= 15 is 0 Å². The van der Waals surface area contributed by atoms with Crippen LogP contribution in [0.2, 0.25) is 0 Å². The number of carbonyl (C=O) groups excluding carboxylic acids is 1. The van der Waals surface area contributed by atoms with Gasteiger partial charge in [0.1, 0.15) is 0 Å². The average molecular weight is 240 g/mol. The number of carbonyl (C=O) groups is 1. The standard InChI is InChI=1S/C11H13O4P/c1-13-9-5-3-8(7-10(9)14-2)4-6-11(12)15-16/h3-7H,16H2,1-2H3/b6-4+. The second-order valence-corrected chi connectivity index (χ2v) is 3.12. The molecule has 0 saturated carbocycles. The predicted molar refractivity (Wildman–Crippen MR) is 64.4 cm³/mol. The van der Waals surface area contributed by atoms with Gasteiger partial charge in [-0.05, 0) is 23.8 Å². The van der Waals surface area contributed by atoms with Crippen LogP contribution >= 0.6 is 9.47 Å². The molecular formula is C11H13O4P. The Bertz CT molecular complexity index is 401. The zero-order valence-corrected chi connectivity index (χ0v) is 10.3. The van der Waals surface area contributed by atoms with Gasteiger partial charge in [0.25, 0.3) is 0 Å². The summed E-state index contributed by atoms with van der Waals surface area (Å²) >= 11 is 0. The van der Waals surface area contributed by atoms with E-state index in [4.69, 9.17) is 9.47 Å². The van der Waals surface area contributed by atoms with Crippen molar-refractivity contribution in [1.82, 2.24) is 0 Å². The van der Waals surface area contributed by atoms with Gasteiger partial charge in [0.15, 0.2) is 11.5 Å². The van der Waals surface area contributed by atoms with Crippen LogP contribution < -0.4 is 9.47 Å². The van der Waals surface area contributed by atoms with Gasteiger partial charge in [-0.3, -0.25) is 0 Å². The molecule has 5 heteroatoms. The fourth-order valence-corrected chi connectivity index (χ4v) is 1.24. The van der Waals surface area contributed by atoms with Crippen LogP contribution in [0, 0.1) is 0 Å². The molecule has 0 aliphatic carbocycles. The molecule has 86 valence electrons. The summed E-state index contributed by atoms with van der Waals surface area (Å²) in [5, 5.41) is 0. The zero-order valence-electron chi connectivity index (χ0n) is 9.10. The molecule has 0 aromatic heterocycles. The fourth-order valence-electron chi connectivity index (χ4n) is 1.16. The SMILES string of the molecule is COc1ccc(/C=C/C(=O)OP)cc1OC. The molecule has 0 amide bonds. The number of ether oxygens (including phenoxy) is 2. The molecule has 0 saturated heterocycles. The van der Waals surface area contributed by atoms with Crippen LogP contribution in [0.15, 0.2) is 24.3 Å². The predicted octanol–water partition coefficient (Wildman–Crippen LogP) is 2.05. The van der Waals surface area contributed by atoms with Gasteiger partial charge in [0, 0.05) is 6.08 Å². The highest BCUT2D eigenvalue weighted by Crippen LogP contribution is 2.27. The molecule has 0 N–H and O–H groups in total. The second-order valence-electron chi connectivity index (χ2n) is 2.88. The van der Waals surface area contributed by atoms with Crippen LogP contribution in [0.3, 0.4) is 0 Å². The van der Waals surface area contributed by atoms with E-state index in [2.05, 4.69) is 4.52 Å². The zero-order chi connectivity index (χ0) is 12.0. The van der Waals surface area contributed by atoms with Gasteiger partial charge >= 0.3 is 5.97 Å². The molecule has 4 nitrogen and oxygen atoms in total. The Hall–Kier alpha value is -1.54. The Morgan fingerprint density at radius 3 is 2.50 bits per heavy atom. The van der Waals surface area contributed by atoms with Crippen molar-refractivity contribution in [3.63, 3.8) is 0 Å². The maximum atomic E-state index is 10.9. The van der Waals surface area contributed by atoms with E-state index in [0.717, 1.165) is 5.56 Å². The molecule has 0 aliphatic rings. The van der Waals surface area contributed by atoms with Crippen molar-refractivity contribution in [2.45, 2.75) is 0 Å². The summed E-state index contributed by atoms with van der Waals surface area (Å²) in [6, 6.07) is 5.35. The van der Waals surface area contributed by atoms with Gasteiger partial charge in [-0.1, -0.05) is 6.07 Å². The lowest BCUT2D eigenvalue weighted by Gasteiger charge is -2.07. The molecule has 1 atom stereocenters. The van der Waals surface area contributed by atoms with Crippen LogP contribution in [-0.4, -0.2) is 20.2 Å². The van der Waals surface area contributed by atoms with Gasteiger partial charge in [-0.2, -0.15) is 0 Å². The van der Waals surface area contributed by atoms with Crippen LogP contribution in [0.1, 0.15) is 5.56 Å². The Kier molecular flexibility index (Phi) is 4.80. The highest BCUT2D eigenvalue weighted by Gasteiger charge is 2.02. The van der Waals surface area contributed by atoms with E-state index < -0.39 is 5.97 Å². The van der Waals surface area contributed by atoms with E-state index in [9.17, 15) is 4.79 Å². The molecule has 0 radical (unpaired) electrons. The minimum atomic E-state index is -0.431. The summed E-state index contributed by atoms with van der Waals surface area (Å²) < 4.78 is 14.6. The van der Waals surface area contributed by atoms with Crippen molar-refractivity contribution in [2.24, 2.45) is 0 Å². The lowest BCUT2D eigenvalue weighted by molar-refractivity contribution is -0.127. The number of hydrogen-bond acceptors (Lipinski definition) is 4. The highest BCUT2D eigenvalue weighted by atomic mass is 31.0. The summed E-state index contributed by atoms with van der Waals surface area (Å²) in [5.74, 6) is 0.831. The summed E-state index contributed by atoms with van der Waals surface area (Å²) in [7, 11) is 5.02. The third-order valence-corrected chi connectivity index (χ3v) is 2.17. The Morgan fingerprint density at radius 2 is 1.94 bits per heavy atom. The third-order valence-electron chi connectivity index (χ3n) is 1.94. The topological polar surface area (TPSA) is 44.8 Å². The first-order valence-electron chi connectivity index (χ1n) is 4.52. The largest absolute Gasteiger partial charge is 0.493 e. The van der Waals surface area contributed by atoms with Crippen molar-refractivity contribution < 1.29 is 18.8 Å². The van der Waals surface area contributed by atoms with Crippen molar-refractivity contribution in [2.75, 3.05) is 14.2 Å². The molecule has 0 aliphatic heterocycles. The van der Waals surface area contributed by atoms with Crippen LogP contribution in [0.5, 0.6) is 11.5 Å². The normalized spacial score (nSPS) is 10.2. The highest BCUT2D eigenvalue weighted by molar-refractivity contribution is 7.10. The summed E-state index contributed by atoms with van der Waals surface area (Å²) in [6.07, 6.45) is 2.96. The molecule has 1 aromatic rings. The van der Waals surface area contributed by atoms with E-state index in [1.165, 1.54) is 6.08 Å². The van der Waals surface area contributed by atoms with Gasteiger partial charge in [0.05, 0.1) is 23.7 Å². The number of methoxy groups -OCH3 is 2. The van der Waals surface area contributed by atoms with Crippen molar-refractivity contribution >= 4 is 21.5 Å². The molecule has 1 aromatic carbocycles. The summed E-state index contributed by atoms with van der Waals surface area (Å²) in [6.45, 7) is 0.